The summed E-state index contributed by atoms with van der Waals surface area (Å²) in [5, 5.41) is 17.2. The van der Waals surface area contributed by atoms with E-state index in [1.807, 2.05) is 0 Å². The van der Waals surface area contributed by atoms with Gasteiger partial charge in [-0.2, -0.15) is 0 Å². The standard InChI is InChI=1S/C11H13BrFN3O2/c12-8-5-10(11(16(17)18)6-9(8)13)15-7-1-3-14-4-2-7/h5-7,14-15H,1-4H2. The minimum absolute atomic E-state index is 0.183. The third kappa shape index (κ3) is 2.97. The SMILES string of the molecule is O=[N+]([O-])c1cc(F)c(Br)cc1NC1CCNCC1. The molecule has 18 heavy (non-hydrogen) atoms. The molecule has 1 heterocycles. The van der Waals surface area contributed by atoms with Gasteiger partial charge in [-0.15, -0.1) is 0 Å². The summed E-state index contributed by atoms with van der Waals surface area (Å²) in [7, 11) is 0. The van der Waals surface area contributed by atoms with Gasteiger partial charge in [0, 0.05) is 6.04 Å². The van der Waals surface area contributed by atoms with E-state index in [-0.39, 0.29) is 16.2 Å². The quantitative estimate of drug-likeness (QED) is 0.664. The second kappa shape index (κ2) is 5.62. The van der Waals surface area contributed by atoms with E-state index in [2.05, 4.69) is 26.6 Å². The highest BCUT2D eigenvalue weighted by atomic mass is 79.9. The van der Waals surface area contributed by atoms with Gasteiger partial charge in [-0.05, 0) is 47.9 Å². The lowest BCUT2D eigenvalue weighted by atomic mass is 10.1. The highest BCUT2D eigenvalue weighted by molar-refractivity contribution is 9.10. The molecule has 2 N–H and O–H groups in total. The number of nitro benzene ring substituents is 1. The fourth-order valence-corrected chi connectivity index (χ4v) is 2.33. The Bertz CT molecular complexity index is 464. The average molecular weight is 318 g/mol. The van der Waals surface area contributed by atoms with E-state index in [9.17, 15) is 14.5 Å². The maximum absolute atomic E-state index is 13.3. The van der Waals surface area contributed by atoms with Crippen molar-refractivity contribution in [1.82, 2.24) is 5.32 Å². The molecule has 0 radical (unpaired) electrons. The van der Waals surface area contributed by atoms with Gasteiger partial charge < -0.3 is 10.6 Å². The number of nitrogens with one attached hydrogen (secondary N) is 2. The molecular weight excluding hydrogens is 305 g/mol. The zero-order valence-corrected chi connectivity index (χ0v) is 11.2. The van der Waals surface area contributed by atoms with E-state index < -0.39 is 10.7 Å². The van der Waals surface area contributed by atoms with Crippen molar-refractivity contribution in [2.24, 2.45) is 0 Å². The summed E-state index contributed by atoms with van der Waals surface area (Å²) in [6.07, 6.45) is 1.79. The van der Waals surface area contributed by atoms with Crippen LogP contribution in [0.1, 0.15) is 12.8 Å². The first-order valence-electron chi connectivity index (χ1n) is 5.68. The second-order valence-electron chi connectivity index (χ2n) is 4.21. The Hall–Kier alpha value is -1.21. The van der Waals surface area contributed by atoms with Crippen LogP contribution in [0.2, 0.25) is 0 Å². The van der Waals surface area contributed by atoms with Crippen molar-refractivity contribution in [3.05, 3.63) is 32.5 Å². The first-order valence-corrected chi connectivity index (χ1v) is 6.48. The number of piperidine rings is 1. The lowest BCUT2D eigenvalue weighted by Gasteiger charge is -2.24. The Morgan fingerprint density at radius 2 is 2.11 bits per heavy atom. The van der Waals surface area contributed by atoms with Crippen molar-refractivity contribution in [3.63, 3.8) is 0 Å². The average Bonchev–Trinajstić information content (AvgIpc) is 2.34. The van der Waals surface area contributed by atoms with Crippen LogP contribution in [0, 0.1) is 15.9 Å². The Morgan fingerprint density at radius 3 is 2.72 bits per heavy atom. The van der Waals surface area contributed by atoms with Gasteiger partial charge in [0.05, 0.1) is 15.5 Å². The lowest BCUT2D eigenvalue weighted by molar-refractivity contribution is -0.384. The topological polar surface area (TPSA) is 67.2 Å². The molecule has 1 saturated heterocycles. The molecular formula is C11H13BrFN3O2. The molecule has 1 aromatic rings. The third-order valence-electron chi connectivity index (χ3n) is 2.93. The zero-order valence-electron chi connectivity index (χ0n) is 9.58. The van der Waals surface area contributed by atoms with E-state index in [4.69, 9.17) is 0 Å². The monoisotopic (exact) mass is 317 g/mol. The molecule has 98 valence electrons. The molecule has 0 unspecified atom stereocenters. The van der Waals surface area contributed by atoms with Gasteiger partial charge in [-0.25, -0.2) is 4.39 Å². The van der Waals surface area contributed by atoms with Gasteiger partial charge >= 0.3 is 0 Å². The van der Waals surface area contributed by atoms with Crippen LogP contribution in [0.15, 0.2) is 16.6 Å². The van der Waals surface area contributed by atoms with Crippen LogP contribution >= 0.6 is 15.9 Å². The van der Waals surface area contributed by atoms with E-state index in [0.717, 1.165) is 32.0 Å². The number of anilines is 1. The molecule has 1 aliphatic rings. The van der Waals surface area contributed by atoms with Crippen LogP contribution in [-0.4, -0.2) is 24.1 Å². The molecule has 1 aromatic carbocycles. The normalized spacial score (nSPS) is 16.6. The summed E-state index contributed by atoms with van der Waals surface area (Å²) in [5.41, 5.74) is 0.134. The predicted molar refractivity (Wildman–Crippen MR) is 70.3 cm³/mol. The number of benzene rings is 1. The molecule has 0 aliphatic carbocycles. The molecule has 2 rings (SSSR count). The predicted octanol–water partition coefficient (Wildman–Crippen LogP) is 2.66. The summed E-state index contributed by atoms with van der Waals surface area (Å²) in [5.74, 6) is -0.627. The Labute approximate surface area is 112 Å². The Morgan fingerprint density at radius 1 is 1.44 bits per heavy atom. The van der Waals surface area contributed by atoms with Crippen molar-refractivity contribution in [2.75, 3.05) is 18.4 Å². The molecule has 0 spiro atoms. The van der Waals surface area contributed by atoms with Crippen molar-refractivity contribution in [1.29, 1.82) is 0 Å². The van der Waals surface area contributed by atoms with Gasteiger partial charge in [-0.1, -0.05) is 0 Å². The van der Waals surface area contributed by atoms with Crippen LogP contribution in [-0.2, 0) is 0 Å². The van der Waals surface area contributed by atoms with E-state index in [0.29, 0.717) is 5.69 Å². The molecule has 0 aromatic heterocycles. The zero-order chi connectivity index (χ0) is 13.1. The Balaban J connectivity index is 2.24. The molecule has 1 aliphatic heterocycles. The number of hydrogen-bond acceptors (Lipinski definition) is 4. The maximum atomic E-state index is 13.3. The van der Waals surface area contributed by atoms with E-state index in [1.54, 1.807) is 0 Å². The van der Waals surface area contributed by atoms with Gasteiger partial charge in [0.1, 0.15) is 11.5 Å². The summed E-state index contributed by atoms with van der Waals surface area (Å²) in [6.45, 7) is 1.77. The van der Waals surface area contributed by atoms with Crippen molar-refractivity contribution in [3.8, 4) is 0 Å². The molecule has 5 nitrogen and oxygen atoms in total. The van der Waals surface area contributed by atoms with Crippen LogP contribution in [0.25, 0.3) is 0 Å². The van der Waals surface area contributed by atoms with Crippen LogP contribution < -0.4 is 10.6 Å². The van der Waals surface area contributed by atoms with Crippen LogP contribution in [0.5, 0.6) is 0 Å². The minimum Gasteiger partial charge on any atom is -0.377 e. The maximum Gasteiger partial charge on any atom is 0.295 e. The highest BCUT2D eigenvalue weighted by Gasteiger charge is 2.21. The van der Waals surface area contributed by atoms with Gasteiger partial charge in [0.15, 0.2) is 0 Å². The lowest BCUT2D eigenvalue weighted by Crippen LogP contribution is -2.35. The molecule has 0 atom stereocenters. The largest absolute Gasteiger partial charge is 0.377 e. The van der Waals surface area contributed by atoms with Crippen molar-refractivity contribution >= 4 is 27.3 Å². The number of hydrogen-bond donors (Lipinski definition) is 2. The fraction of sp³-hybridized carbons (Fsp3) is 0.455. The number of rotatable bonds is 3. The summed E-state index contributed by atoms with van der Waals surface area (Å²) in [4.78, 5) is 10.3. The third-order valence-corrected chi connectivity index (χ3v) is 3.54. The molecule has 0 amide bonds. The fourth-order valence-electron chi connectivity index (χ4n) is 1.99. The number of nitro groups is 1. The van der Waals surface area contributed by atoms with Gasteiger partial charge in [-0.3, -0.25) is 10.1 Å². The molecule has 0 saturated carbocycles. The number of halogens is 2. The summed E-state index contributed by atoms with van der Waals surface area (Å²) in [6, 6.07) is 2.55. The Kier molecular flexibility index (Phi) is 4.13. The van der Waals surface area contributed by atoms with Crippen LogP contribution in [0.4, 0.5) is 15.8 Å². The molecule has 1 fully saturated rings. The second-order valence-corrected chi connectivity index (χ2v) is 5.06. The summed E-state index contributed by atoms with van der Waals surface area (Å²) < 4.78 is 13.5. The first-order chi connectivity index (χ1) is 8.58. The van der Waals surface area contributed by atoms with E-state index >= 15 is 0 Å². The molecule has 0 bridgehead atoms. The van der Waals surface area contributed by atoms with Gasteiger partial charge in [0.25, 0.3) is 5.69 Å². The van der Waals surface area contributed by atoms with Crippen molar-refractivity contribution < 1.29 is 9.31 Å². The van der Waals surface area contributed by atoms with E-state index in [1.165, 1.54) is 6.07 Å². The van der Waals surface area contributed by atoms with Crippen molar-refractivity contribution in [2.45, 2.75) is 18.9 Å². The molecule has 7 heteroatoms. The smallest absolute Gasteiger partial charge is 0.295 e. The first kappa shape index (κ1) is 13.2. The highest BCUT2D eigenvalue weighted by Crippen LogP contribution is 2.31. The minimum atomic E-state index is -0.627. The summed E-state index contributed by atoms with van der Waals surface area (Å²) >= 11 is 3.04. The number of nitrogens with zero attached hydrogens (tertiary/aromatic N) is 1. The van der Waals surface area contributed by atoms with Crippen LogP contribution in [0.3, 0.4) is 0 Å². The van der Waals surface area contributed by atoms with Gasteiger partial charge in [0.2, 0.25) is 0 Å².